The fourth-order valence-corrected chi connectivity index (χ4v) is 4.73. The number of aromatic nitrogens is 2. The van der Waals surface area contributed by atoms with E-state index >= 15 is 0 Å². The van der Waals surface area contributed by atoms with Gasteiger partial charge in [0.25, 0.3) is 5.91 Å². The van der Waals surface area contributed by atoms with Crippen LogP contribution >= 0.6 is 11.3 Å². The normalized spacial score (nSPS) is 14.4. The number of carbonyl (C=O) groups excluding carboxylic acids is 1. The lowest BCUT2D eigenvalue weighted by Gasteiger charge is -2.34. The van der Waals surface area contributed by atoms with Gasteiger partial charge in [0.1, 0.15) is 0 Å². The van der Waals surface area contributed by atoms with Crippen LogP contribution in [0.3, 0.4) is 0 Å². The molecule has 2 heterocycles. The van der Waals surface area contributed by atoms with Crippen molar-refractivity contribution in [1.29, 1.82) is 0 Å². The van der Waals surface area contributed by atoms with Crippen molar-refractivity contribution in [3.8, 4) is 22.9 Å². The molecule has 31 heavy (non-hydrogen) atoms. The summed E-state index contributed by atoms with van der Waals surface area (Å²) in [5.41, 5.74) is 0.784. The Morgan fingerprint density at radius 3 is 2.68 bits per heavy atom. The molecule has 1 aromatic carbocycles. The lowest BCUT2D eigenvalue weighted by molar-refractivity contribution is 0.0637. The molecule has 4 rings (SSSR count). The highest BCUT2D eigenvalue weighted by Crippen LogP contribution is 2.31. The molecule has 0 radical (unpaired) electrons. The van der Waals surface area contributed by atoms with Crippen LogP contribution in [0.5, 0.6) is 11.5 Å². The van der Waals surface area contributed by atoms with Crippen molar-refractivity contribution in [1.82, 2.24) is 15.0 Å². The maximum Gasteiger partial charge on any atom is 0.264 e. The third-order valence-electron chi connectivity index (χ3n) is 5.68. The van der Waals surface area contributed by atoms with Gasteiger partial charge in [0.15, 0.2) is 11.5 Å². The molecule has 0 unspecified atom stereocenters. The molecule has 0 saturated heterocycles. The average Bonchev–Trinajstić information content (AvgIpc) is 3.52. The van der Waals surface area contributed by atoms with Crippen LogP contribution in [-0.2, 0) is 6.42 Å². The van der Waals surface area contributed by atoms with Gasteiger partial charge in [-0.15, -0.1) is 11.3 Å². The van der Waals surface area contributed by atoms with Gasteiger partial charge in [-0.1, -0.05) is 30.5 Å². The zero-order valence-electron chi connectivity index (χ0n) is 17.9. The van der Waals surface area contributed by atoms with Crippen molar-refractivity contribution in [2.45, 2.75) is 44.6 Å². The Hall–Kier alpha value is -2.87. The minimum atomic E-state index is 0.0986. The molecule has 2 aromatic heterocycles. The van der Waals surface area contributed by atoms with E-state index < -0.39 is 0 Å². The summed E-state index contributed by atoms with van der Waals surface area (Å²) < 4.78 is 16.1. The lowest BCUT2D eigenvalue weighted by atomic mass is 9.94. The molecule has 0 aliphatic heterocycles. The van der Waals surface area contributed by atoms with Crippen LogP contribution in [0, 0.1) is 0 Å². The highest BCUT2D eigenvalue weighted by atomic mass is 32.1. The Bertz CT molecular complexity index is 996. The van der Waals surface area contributed by atoms with Crippen molar-refractivity contribution in [3.05, 3.63) is 46.5 Å². The van der Waals surface area contributed by atoms with E-state index in [-0.39, 0.29) is 11.9 Å². The molecule has 0 bridgehead atoms. The van der Waals surface area contributed by atoms with Crippen molar-refractivity contribution in [3.63, 3.8) is 0 Å². The number of amides is 1. The highest BCUT2D eigenvalue weighted by molar-refractivity contribution is 7.12. The van der Waals surface area contributed by atoms with E-state index in [4.69, 9.17) is 14.0 Å². The number of benzene rings is 1. The van der Waals surface area contributed by atoms with E-state index in [2.05, 4.69) is 10.1 Å². The van der Waals surface area contributed by atoms with Crippen LogP contribution in [-0.4, -0.2) is 47.8 Å². The first-order valence-electron chi connectivity index (χ1n) is 10.6. The molecule has 0 atom stereocenters. The topological polar surface area (TPSA) is 77.7 Å². The van der Waals surface area contributed by atoms with E-state index in [1.165, 1.54) is 30.6 Å². The van der Waals surface area contributed by atoms with E-state index in [0.717, 1.165) is 23.3 Å². The van der Waals surface area contributed by atoms with Crippen molar-refractivity contribution in [2.75, 3.05) is 20.8 Å². The number of hydrogen-bond donors (Lipinski definition) is 0. The smallest absolute Gasteiger partial charge is 0.264 e. The first-order chi connectivity index (χ1) is 15.2. The third-order valence-corrected chi connectivity index (χ3v) is 6.54. The molecule has 0 N–H and O–H groups in total. The Morgan fingerprint density at radius 2 is 1.97 bits per heavy atom. The number of thiophene rings is 1. The number of hydrogen-bond acceptors (Lipinski definition) is 7. The Balaban J connectivity index is 1.48. The maximum atomic E-state index is 13.1. The summed E-state index contributed by atoms with van der Waals surface area (Å²) in [7, 11) is 3.19. The van der Waals surface area contributed by atoms with Crippen LogP contribution in [0.2, 0.25) is 0 Å². The van der Waals surface area contributed by atoms with Gasteiger partial charge in [0.05, 0.1) is 19.1 Å². The molecule has 7 nitrogen and oxygen atoms in total. The van der Waals surface area contributed by atoms with Crippen LogP contribution in [0.1, 0.15) is 47.7 Å². The summed E-state index contributed by atoms with van der Waals surface area (Å²) in [5.74, 6) is 2.36. The second kappa shape index (κ2) is 9.96. The van der Waals surface area contributed by atoms with Crippen LogP contribution in [0.25, 0.3) is 11.4 Å². The summed E-state index contributed by atoms with van der Waals surface area (Å²) in [6.07, 6.45) is 6.21. The van der Waals surface area contributed by atoms with Crippen molar-refractivity contribution >= 4 is 17.2 Å². The molecular formula is C23H27N3O4S. The molecule has 1 aliphatic rings. The standard InChI is InChI=1S/C23H27N3O4S/c1-28-18-11-10-16(15-19(18)29-2)22-24-21(30-25-22)12-13-26(17-7-4-3-5-8-17)23(27)20-9-6-14-31-20/h6,9-11,14-15,17H,3-5,7-8,12-13H2,1-2H3. The lowest BCUT2D eigenvalue weighted by Crippen LogP contribution is -2.42. The second-order valence-electron chi connectivity index (χ2n) is 7.60. The number of methoxy groups -OCH3 is 2. The largest absolute Gasteiger partial charge is 0.493 e. The third kappa shape index (κ3) is 4.90. The summed E-state index contributed by atoms with van der Waals surface area (Å²) in [6.45, 7) is 0.564. The van der Waals surface area contributed by atoms with Gasteiger partial charge in [-0.3, -0.25) is 4.79 Å². The molecule has 1 aliphatic carbocycles. The first-order valence-corrected chi connectivity index (χ1v) is 11.5. The summed E-state index contributed by atoms with van der Waals surface area (Å²) in [6, 6.07) is 9.59. The zero-order valence-corrected chi connectivity index (χ0v) is 18.7. The van der Waals surface area contributed by atoms with Crippen molar-refractivity contribution in [2.24, 2.45) is 0 Å². The van der Waals surface area contributed by atoms with E-state index in [1.807, 2.05) is 40.6 Å². The van der Waals surface area contributed by atoms with Crippen LogP contribution < -0.4 is 9.47 Å². The number of rotatable bonds is 8. The predicted molar refractivity (Wildman–Crippen MR) is 119 cm³/mol. The minimum absolute atomic E-state index is 0.0986. The molecule has 8 heteroatoms. The van der Waals surface area contributed by atoms with Crippen LogP contribution in [0.15, 0.2) is 40.2 Å². The predicted octanol–water partition coefficient (Wildman–Crippen LogP) is 4.83. The number of nitrogens with zero attached hydrogens (tertiary/aromatic N) is 3. The van der Waals surface area contributed by atoms with Gasteiger partial charge < -0.3 is 18.9 Å². The summed E-state index contributed by atoms with van der Waals surface area (Å²) in [4.78, 5) is 20.5. The van der Waals surface area contributed by atoms with E-state index in [1.54, 1.807) is 14.2 Å². The van der Waals surface area contributed by atoms with Crippen molar-refractivity contribution < 1.29 is 18.8 Å². The van der Waals surface area contributed by atoms with Gasteiger partial charge in [0.2, 0.25) is 11.7 Å². The molecule has 1 amide bonds. The van der Waals surface area contributed by atoms with E-state index in [9.17, 15) is 4.79 Å². The average molecular weight is 442 g/mol. The molecule has 164 valence electrons. The molecule has 1 saturated carbocycles. The maximum absolute atomic E-state index is 13.1. The van der Waals surface area contributed by atoms with Gasteiger partial charge >= 0.3 is 0 Å². The molecule has 0 spiro atoms. The summed E-state index contributed by atoms with van der Waals surface area (Å²) >= 11 is 1.49. The minimum Gasteiger partial charge on any atom is -0.493 e. The van der Waals surface area contributed by atoms with Gasteiger partial charge in [-0.05, 0) is 42.5 Å². The number of carbonyl (C=O) groups is 1. The van der Waals surface area contributed by atoms with Crippen LogP contribution in [0.4, 0.5) is 0 Å². The zero-order chi connectivity index (χ0) is 21.6. The SMILES string of the molecule is COc1ccc(-c2noc(CCN(C(=O)c3cccs3)C3CCCCC3)n2)cc1OC. The second-order valence-corrected chi connectivity index (χ2v) is 8.55. The van der Waals surface area contributed by atoms with Gasteiger partial charge in [0, 0.05) is 24.6 Å². The fraction of sp³-hybridized carbons (Fsp3) is 0.435. The highest BCUT2D eigenvalue weighted by Gasteiger charge is 2.27. The molecular weight excluding hydrogens is 414 g/mol. The Kier molecular flexibility index (Phi) is 6.86. The molecule has 3 aromatic rings. The van der Waals surface area contributed by atoms with E-state index in [0.29, 0.717) is 36.2 Å². The Morgan fingerprint density at radius 1 is 1.16 bits per heavy atom. The fourth-order valence-electron chi connectivity index (χ4n) is 4.05. The quantitative estimate of drug-likeness (QED) is 0.498. The Labute approximate surface area is 186 Å². The number of ether oxygens (including phenoxy) is 2. The summed E-state index contributed by atoms with van der Waals surface area (Å²) in [5, 5.41) is 6.06. The monoisotopic (exact) mass is 441 g/mol. The van der Waals surface area contributed by atoms with Gasteiger partial charge in [-0.2, -0.15) is 4.98 Å². The van der Waals surface area contributed by atoms with Gasteiger partial charge in [-0.25, -0.2) is 0 Å². The molecule has 1 fully saturated rings. The first kappa shape index (κ1) is 21.4.